The van der Waals surface area contributed by atoms with Crippen LogP contribution in [0, 0.1) is 26.7 Å². The number of aryl methyl sites for hydroxylation is 3. The lowest BCUT2D eigenvalue weighted by molar-refractivity contribution is 0.0729. The third kappa shape index (κ3) is 3.23. The van der Waals surface area contributed by atoms with Gasteiger partial charge in [-0.05, 0) is 32.9 Å². The summed E-state index contributed by atoms with van der Waals surface area (Å²) in [6.45, 7) is 7.51. The Labute approximate surface area is 183 Å². The maximum absolute atomic E-state index is 13.3. The van der Waals surface area contributed by atoms with Gasteiger partial charge >= 0.3 is 0 Å². The highest BCUT2D eigenvalue weighted by Gasteiger charge is 2.59. The van der Waals surface area contributed by atoms with Crippen LogP contribution in [0.3, 0.4) is 0 Å². The van der Waals surface area contributed by atoms with E-state index in [0.29, 0.717) is 48.3 Å². The molecule has 2 amide bonds. The van der Waals surface area contributed by atoms with Gasteiger partial charge in [-0.3, -0.25) is 9.59 Å². The number of likely N-dealkylation sites (tertiary alicyclic amines) is 2. The van der Waals surface area contributed by atoms with Crippen molar-refractivity contribution in [2.24, 2.45) is 5.92 Å². The van der Waals surface area contributed by atoms with Gasteiger partial charge < -0.3 is 14.3 Å². The van der Waals surface area contributed by atoms with Crippen LogP contribution in [0.15, 0.2) is 34.9 Å². The quantitative estimate of drug-likeness (QED) is 0.625. The normalized spacial score (nSPS) is 22.7. The van der Waals surface area contributed by atoms with Crippen molar-refractivity contribution < 1.29 is 14.1 Å². The van der Waals surface area contributed by atoms with Crippen molar-refractivity contribution in [2.75, 3.05) is 26.2 Å². The first-order valence-electron chi connectivity index (χ1n) is 10.3. The number of rotatable bonds is 3. The summed E-state index contributed by atoms with van der Waals surface area (Å²) in [5, 5.41) is 4.87. The van der Waals surface area contributed by atoms with E-state index in [2.05, 4.69) is 15.1 Å². The van der Waals surface area contributed by atoms with Gasteiger partial charge in [0, 0.05) is 37.7 Å². The van der Waals surface area contributed by atoms with Gasteiger partial charge in [0.2, 0.25) is 5.89 Å². The zero-order valence-corrected chi connectivity index (χ0v) is 18.5. The van der Waals surface area contributed by atoms with E-state index in [0.717, 1.165) is 10.7 Å². The topological polar surface area (TPSA) is 92.4 Å². The highest BCUT2D eigenvalue weighted by atomic mass is 32.1. The van der Waals surface area contributed by atoms with E-state index in [1.54, 1.807) is 6.92 Å². The maximum atomic E-state index is 13.3. The second-order valence-corrected chi connectivity index (χ2v) is 9.59. The average molecular weight is 438 g/mol. The van der Waals surface area contributed by atoms with Gasteiger partial charge in [0.1, 0.15) is 4.88 Å². The van der Waals surface area contributed by atoms with Gasteiger partial charge in [0.25, 0.3) is 11.8 Å². The molecule has 2 aliphatic rings. The highest BCUT2D eigenvalue weighted by Crippen LogP contribution is 2.45. The third-order valence-corrected chi connectivity index (χ3v) is 7.32. The van der Waals surface area contributed by atoms with E-state index < -0.39 is 5.41 Å². The molecule has 31 heavy (non-hydrogen) atoms. The predicted octanol–water partition coefficient (Wildman–Crippen LogP) is 2.62. The van der Waals surface area contributed by atoms with Crippen LogP contribution in [0.2, 0.25) is 0 Å². The van der Waals surface area contributed by atoms with Gasteiger partial charge in [-0.1, -0.05) is 23.4 Å². The first-order chi connectivity index (χ1) is 14.9. The number of carbonyl (C=O) groups is 2. The lowest BCUT2D eigenvalue weighted by Gasteiger charge is -2.26. The fourth-order valence-electron chi connectivity index (χ4n) is 4.81. The molecule has 1 aromatic carbocycles. The van der Waals surface area contributed by atoms with E-state index in [1.807, 2.05) is 54.0 Å². The first-order valence-corrected chi connectivity index (χ1v) is 11.1. The van der Waals surface area contributed by atoms with Gasteiger partial charge in [0.15, 0.2) is 5.82 Å². The van der Waals surface area contributed by atoms with Crippen LogP contribution in [0.25, 0.3) is 0 Å². The Hall–Kier alpha value is -3.07. The summed E-state index contributed by atoms with van der Waals surface area (Å²) >= 11 is 1.42. The first kappa shape index (κ1) is 19.9. The molecule has 160 valence electrons. The van der Waals surface area contributed by atoms with E-state index in [1.165, 1.54) is 11.3 Å². The monoisotopic (exact) mass is 437 g/mol. The van der Waals surface area contributed by atoms with Crippen molar-refractivity contribution in [3.8, 4) is 0 Å². The molecule has 5 rings (SSSR count). The summed E-state index contributed by atoms with van der Waals surface area (Å²) in [5.74, 6) is 1.05. The van der Waals surface area contributed by atoms with Crippen LogP contribution in [0.1, 0.15) is 42.4 Å². The van der Waals surface area contributed by atoms with Crippen molar-refractivity contribution in [2.45, 2.75) is 26.2 Å². The molecule has 2 aliphatic heterocycles. The van der Waals surface area contributed by atoms with Crippen LogP contribution < -0.4 is 0 Å². The van der Waals surface area contributed by atoms with Crippen LogP contribution >= 0.6 is 11.3 Å². The number of carbonyl (C=O) groups excluding carboxylic acids is 2. The minimum Gasteiger partial charge on any atom is -0.339 e. The molecule has 0 bridgehead atoms. The fraction of sp³-hybridized carbons (Fsp3) is 0.409. The van der Waals surface area contributed by atoms with E-state index in [9.17, 15) is 9.59 Å². The molecule has 8 nitrogen and oxygen atoms in total. The third-order valence-electron chi connectivity index (χ3n) is 6.26. The summed E-state index contributed by atoms with van der Waals surface area (Å²) in [6.07, 6.45) is 0. The highest BCUT2D eigenvalue weighted by molar-refractivity contribution is 7.13. The van der Waals surface area contributed by atoms with E-state index >= 15 is 0 Å². The number of hydrogen-bond acceptors (Lipinski definition) is 7. The van der Waals surface area contributed by atoms with Crippen molar-refractivity contribution in [1.82, 2.24) is 24.9 Å². The average Bonchev–Trinajstić information content (AvgIpc) is 3.49. The Bertz CT molecular complexity index is 1160. The minimum absolute atomic E-state index is 0.0163. The largest absolute Gasteiger partial charge is 0.339 e. The second-order valence-electron chi connectivity index (χ2n) is 8.38. The number of nitrogens with zero attached hydrogens (tertiary/aromatic N) is 5. The molecular weight excluding hydrogens is 414 g/mol. The molecule has 2 atom stereocenters. The van der Waals surface area contributed by atoms with E-state index in [-0.39, 0.29) is 17.7 Å². The molecule has 0 radical (unpaired) electrons. The number of amides is 2. The number of fused-ring (bicyclic) bond motifs is 1. The summed E-state index contributed by atoms with van der Waals surface area (Å²) in [7, 11) is 0. The predicted molar refractivity (Wildman–Crippen MR) is 114 cm³/mol. The minimum atomic E-state index is -0.561. The van der Waals surface area contributed by atoms with Crippen LogP contribution in [0.4, 0.5) is 0 Å². The van der Waals surface area contributed by atoms with Gasteiger partial charge in [0.05, 0.1) is 16.1 Å². The van der Waals surface area contributed by atoms with Crippen molar-refractivity contribution in [3.05, 3.63) is 63.2 Å². The van der Waals surface area contributed by atoms with Gasteiger partial charge in [-0.25, -0.2) is 4.98 Å². The Morgan fingerprint density at radius 1 is 1.03 bits per heavy atom. The standard InChI is InChI=1S/C22H23N5O3S/c1-13-18(31-15(3)23-13)20(29)27-10-17-9-26(19(28)16-7-5-4-6-8-16)11-22(17,12-27)21-24-14(2)25-30-21/h4-8,17H,9-12H2,1-3H3/t17-,22-/m1/s1. The molecule has 0 saturated carbocycles. The molecule has 4 heterocycles. The lowest BCUT2D eigenvalue weighted by Crippen LogP contribution is -2.41. The van der Waals surface area contributed by atoms with Gasteiger partial charge in [-0.2, -0.15) is 4.98 Å². The summed E-state index contributed by atoms with van der Waals surface area (Å²) in [5.41, 5.74) is 0.853. The fourth-order valence-corrected chi connectivity index (χ4v) is 5.70. The van der Waals surface area contributed by atoms with Crippen LogP contribution in [-0.2, 0) is 5.41 Å². The molecule has 2 saturated heterocycles. The Morgan fingerprint density at radius 3 is 2.29 bits per heavy atom. The van der Waals surface area contributed by atoms with Gasteiger partial charge in [-0.15, -0.1) is 11.3 Å². The molecule has 2 aromatic heterocycles. The Balaban J connectivity index is 1.46. The molecule has 0 aliphatic carbocycles. The lowest BCUT2D eigenvalue weighted by atomic mass is 9.81. The van der Waals surface area contributed by atoms with Crippen molar-refractivity contribution >= 4 is 23.2 Å². The van der Waals surface area contributed by atoms with Crippen LogP contribution in [0.5, 0.6) is 0 Å². The Morgan fingerprint density at radius 2 is 1.71 bits per heavy atom. The molecule has 0 unspecified atom stereocenters. The SMILES string of the molecule is Cc1noc([C@@]23CN(C(=O)c4ccccc4)C[C@@H]2CN(C(=O)c2sc(C)nc2C)C3)n1. The summed E-state index contributed by atoms with van der Waals surface area (Å²) < 4.78 is 5.60. The van der Waals surface area contributed by atoms with Crippen LogP contribution in [-0.4, -0.2) is 62.9 Å². The molecule has 0 spiro atoms. The maximum Gasteiger partial charge on any atom is 0.265 e. The zero-order valence-electron chi connectivity index (χ0n) is 17.7. The zero-order chi connectivity index (χ0) is 21.8. The summed E-state index contributed by atoms with van der Waals surface area (Å²) in [4.78, 5) is 39.7. The molecule has 3 aromatic rings. The van der Waals surface area contributed by atoms with Crippen molar-refractivity contribution in [3.63, 3.8) is 0 Å². The molecular formula is C22H23N5O3S. The number of aromatic nitrogens is 3. The number of thiazole rings is 1. The smallest absolute Gasteiger partial charge is 0.265 e. The summed E-state index contributed by atoms with van der Waals surface area (Å²) in [6, 6.07) is 9.27. The molecule has 2 fully saturated rings. The molecule has 9 heteroatoms. The van der Waals surface area contributed by atoms with Crippen molar-refractivity contribution in [1.29, 1.82) is 0 Å². The van der Waals surface area contributed by atoms with E-state index in [4.69, 9.17) is 4.52 Å². The number of benzene rings is 1. The second kappa shape index (κ2) is 7.26. The Kier molecular flexibility index (Phi) is 4.65. The molecule has 0 N–H and O–H groups in total. The number of hydrogen-bond donors (Lipinski definition) is 0.